The molecular weight excluding hydrogens is 859 g/mol. The van der Waals surface area contributed by atoms with Gasteiger partial charge in [-0.3, -0.25) is 4.79 Å². The normalized spacial score (nSPS) is 27.1. The van der Waals surface area contributed by atoms with Crippen LogP contribution in [0.3, 0.4) is 0 Å². The zero-order valence-electron chi connectivity index (χ0n) is 41.1. The van der Waals surface area contributed by atoms with Gasteiger partial charge in [0.15, 0.2) is 12.6 Å². The first-order valence-electron chi connectivity index (χ1n) is 26.0. The van der Waals surface area contributed by atoms with E-state index >= 15 is 0 Å². The number of allylic oxidation sites excluding steroid dienone is 10. The number of amides is 1. The van der Waals surface area contributed by atoms with Gasteiger partial charge in [0.1, 0.15) is 48.8 Å². The van der Waals surface area contributed by atoms with E-state index in [2.05, 4.69) is 79.9 Å². The lowest BCUT2D eigenvalue weighted by atomic mass is 9.97. The number of hydrogen-bond donors (Lipinski definition) is 9. The van der Waals surface area contributed by atoms with E-state index in [-0.39, 0.29) is 18.9 Å². The van der Waals surface area contributed by atoms with Gasteiger partial charge in [0, 0.05) is 6.42 Å². The molecule has 2 rings (SSSR count). The number of unbranched alkanes of at least 4 members (excludes halogenated alkanes) is 16. The van der Waals surface area contributed by atoms with E-state index < -0.39 is 86.8 Å². The molecule has 1 amide bonds. The van der Waals surface area contributed by atoms with Gasteiger partial charge < -0.3 is 65.1 Å². The fourth-order valence-corrected chi connectivity index (χ4v) is 8.27. The van der Waals surface area contributed by atoms with Crippen molar-refractivity contribution in [3.05, 3.63) is 60.8 Å². The smallest absolute Gasteiger partial charge is 0.220 e. The summed E-state index contributed by atoms with van der Waals surface area (Å²) in [4.78, 5) is 13.2. The summed E-state index contributed by atoms with van der Waals surface area (Å²) in [6.45, 7) is 2.69. The molecule has 12 atom stereocenters. The highest BCUT2D eigenvalue weighted by Crippen LogP contribution is 2.30. The molecule has 388 valence electrons. The van der Waals surface area contributed by atoms with E-state index in [1.165, 1.54) is 77.0 Å². The van der Waals surface area contributed by atoms with Crippen LogP contribution >= 0.6 is 0 Å². The Hall–Kier alpha value is -2.31. The highest BCUT2D eigenvalue weighted by Gasteiger charge is 2.51. The first kappa shape index (κ1) is 60.8. The summed E-state index contributed by atoms with van der Waals surface area (Å²) in [5, 5.41) is 86.9. The summed E-state index contributed by atoms with van der Waals surface area (Å²) in [7, 11) is 0. The number of nitrogens with one attached hydrogen (secondary N) is 1. The number of aliphatic hydroxyl groups is 8. The molecule has 0 aliphatic carbocycles. The summed E-state index contributed by atoms with van der Waals surface area (Å²) in [5.41, 5.74) is 0. The standard InChI is InChI=1S/C53H93NO13/c1-3-5-7-9-11-13-15-17-19-21-23-25-27-29-31-33-35-37-45(58)54-41(42(57)36-34-32-30-28-26-24-22-20-18-16-14-12-10-8-6-4-2)40-64-52-50(63)48(61)51(44(39-56)66-52)67-53-49(62)47(60)46(59)43(38-55)65-53/h5,7,11,13,17,19,23,25,29,31,41-44,46-53,55-57,59-63H,3-4,6,8-10,12,14-16,18,20-22,24,26-28,30,32-40H2,1-2H3,(H,54,58)/b7-5-,13-11-,19-17-,25-23-,31-29-. The molecule has 2 fully saturated rings. The highest BCUT2D eigenvalue weighted by molar-refractivity contribution is 5.76. The maximum atomic E-state index is 13.2. The summed E-state index contributed by atoms with van der Waals surface area (Å²) in [6.07, 6.45) is 30.8. The van der Waals surface area contributed by atoms with Gasteiger partial charge in [0.25, 0.3) is 0 Å². The van der Waals surface area contributed by atoms with Gasteiger partial charge in [-0.15, -0.1) is 0 Å². The van der Waals surface area contributed by atoms with Crippen LogP contribution in [-0.4, -0.2) is 140 Å². The Bertz CT molecular complexity index is 1360. The minimum atomic E-state index is -1.79. The van der Waals surface area contributed by atoms with Gasteiger partial charge in [-0.25, -0.2) is 0 Å². The second kappa shape index (κ2) is 39.4. The third-order valence-electron chi connectivity index (χ3n) is 12.5. The molecule has 0 bridgehead atoms. The van der Waals surface area contributed by atoms with Crippen molar-refractivity contribution in [2.24, 2.45) is 0 Å². The lowest BCUT2D eigenvalue weighted by Crippen LogP contribution is -2.65. The minimum Gasteiger partial charge on any atom is -0.394 e. The molecule has 0 radical (unpaired) electrons. The average Bonchev–Trinajstić information content (AvgIpc) is 3.32. The molecule has 12 unspecified atom stereocenters. The van der Waals surface area contributed by atoms with Gasteiger partial charge in [0.05, 0.1) is 32.0 Å². The maximum absolute atomic E-state index is 13.2. The second-order valence-corrected chi connectivity index (χ2v) is 18.3. The third-order valence-corrected chi connectivity index (χ3v) is 12.5. The molecule has 9 N–H and O–H groups in total. The van der Waals surface area contributed by atoms with Gasteiger partial charge in [-0.05, 0) is 51.4 Å². The van der Waals surface area contributed by atoms with Crippen LogP contribution in [-0.2, 0) is 23.7 Å². The molecule has 2 aliphatic heterocycles. The van der Waals surface area contributed by atoms with Crippen molar-refractivity contribution in [3.63, 3.8) is 0 Å². The van der Waals surface area contributed by atoms with E-state index in [0.717, 1.165) is 57.8 Å². The molecule has 14 nitrogen and oxygen atoms in total. The topological polar surface area (TPSA) is 228 Å². The van der Waals surface area contributed by atoms with Crippen molar-refractivity contribution in [2.45, 2.75) is 248 Å². The fourth-order valence-electron chi connectivity index (χ4n) is 8.27. The lowest BCUT2D eigenvalue weighted by Gasteiger charge is -2.46. The Morgan fingerprint density at radius 3 is 1.52 bits per heavy atom. The molecule has 0 saturated carbocycles. The van der Waals surface area contributed by atoms with E-state index in [9.17, 15) is 45.6 Å². The summed E-state index contributed by atoms with van der Waals surface area (Å²) >= 11 is 0. The SMILES string of the molecule is CC/C=C\C/C=C\C/C=C\C/C=C\C/C=C\CCCC(=O)NC(COC1OC(CO)C(OC2OC(CO)C(O)C(O)C2O)C(O)C1O)C(O)CCCCCCCCCCCCCCCCCC. The van der Waals surface area contributed by atoms with Crippen LogP contribution in [0.15, 0.2) is 60.8 Å². The van der Waals surface area contributed by atoms with Gasteiger partial charge in [-0.2, -0.15) is 0 Å². The summed E-state index contributed by atoms with van der Waals surface area (Å²) in [5.74, 6) is -0.265. The number of aliphatic hydroxyl groups excluding tert-OH is 8. The quantitative estimate of drug-likeness (QED) is 0.0223. The van der Waals surface area contributed by atoms with Crippen LogP contribution in [0.4, 0.5) is 0 Å². The van der Waals surface area contributed by atoms with Crippen LogP contribution in [0.2, 0.25) is 0 Å². The van der Waals surface area contributed by atoms with Gasteiger partial charge in [0.2, 0.25) is 5.91 Å². The van der Waals surface area contributed by atoms with Gasteiger partial charge >= 0.3 is 0 Å². The van der Waals surface area contributed by atoms with E-state index in [1.807, 2.05) is 0 Å². The Balaban J connectivity index is 1.86. The van der Waals surface area contributed by atoms with Crippen LogP contribution < -0.4 is 5.32 Å². The van der Waals surface area contributed by atoms with Crippen LogP contribution in [0.25, 0.3) is 0 Å². The van der Waals surface area contributed by atoms with Crippen molar-refractivity contribution in [3.8, 4) is 0 Å². The van der Waals surface area contributed by atoms with Crippen molar-refractivity contribution in [1.29, 1.82) is 0 Å². The van der Waals surface area contributed by atoms with Crippen molar-refractivity contribution in [2.75, 3.05) is 19.8 Å². The van der Waals surface area contributed by atoms with Crippen molar-refractivity contribution in [1.82, 2.24) is 5.32 Å². The van der Waals surface area contributed by atoms with Crippen LogP contribution in [0.1, 0.15) is 174 Å². The molecule has 2 aliphatic rings. The summed E-state index contributed by atoms with van der Waals surface area (Å²) in [6, 6.07) is -0.860. The van der Waals surface area contributed by atoms with Crippen LogP contribution in [0, 0.1) is 0 Å². The molecule has 14 heteroatoms. The molecule has 0 aromatic heterocycles. The van der Waals surface area contributed by atoms with Crippen molar-refractivity contribution >= 4 is 5.91 Å². The Labute approximate surface area is 403 Å². The second-order valence-electron chi connectivity index (χ2n) is 18.3. The van der Waals surface area contributed by atoms with Crippen molar-refractivity contribution < 1.29 is 64.6 Å². The predicted molar refractivity (Wildman–Crippen MR) is 263 cm³/mol. The monoisotopic (exact) mass is 952 g/mol. The highest BCUT2D eigenvalue weighted by atomic mass is 16.7. The number of ether oxygens (including phenoxy) is 4. The number of hydrogen-bond acceptors (Lipinski definition) is 13. The summed E-state index contributed by atoms with van der Waals surface area (Å²) < 4.78 is 22.7. The van der Waals surface area contributed by atoms with E-state index in [1.54, 1.807) is 0 Å². The van der Waals surface area contributed by atoms with E-state index in [0.29, 0.717) is 19.3 Å². The van der Waals surface area contributed by atoms with Gasteiger partial charge in [-0.1, -0.05) is 177 Å². The Morgan fingerprint density at radius 1 is 0.552 bits per heavy atom. The number of carbonyl (C=O) groups excluding carboxylic acids is 1. The maximum Gasteiger partial charge on any atom is 0.220 e. The Morgan fingerprint density at radius 2 is 1.01 bits per heavy atom. The first-order chi connectivity index (χ1) is 32.6. The number of carbonyl (C=O) groups is 1. The fraction of sp³-hybridized carbons (Fsp3) is 0.792. The molecule has 67 heavy (non-hydrogen) atoms. The molecule has 2 saturated heterocycles. The lowest BCUT2D eigenvalue weighted by molar-refractivity contribution is -0.359. The molecule has 0 aromatic carbocycles. The first-order valence-corrected chi connectivity index (χ1v) is 26.0. The molecule has 0 aromatic rings. The Kier molecular flexibility index (Phi) is 35.8. The number of rotatable bonds is 39. The predicted octanol–water partition coefficient (Wildman–Crippen LogP) is 7.05. The van der Waals surface area contributed by atoms with E-state index in [4.69, 9.17) is 18.9 Å². The molecular formula is C53H93NO13. The molecule has 0 spiro atoms. The minimum absolute atomic E-state index is 0.224. The van der Waals surface area contributed by atoms with Crippen LogP contribution in [0.5, 0.6) is 0 Å². The zero-order chi connectivity index (χ0) is 48.9. The molecule has 2 heterocycles. The zero-order valence-corrected chi connectivity index (χ0v) is 41.1. The largest absolute Gasteiger partial charge is 0.394 e. The third kappa shape index (κ3) is 26.5. The average molecular weight is 952 g/mol.